The fourth-order valence-corrected chi connectivity index (χ4v) is 3.31. The summed E-state index contributed by atoms with van der Waals surface area (Å²) in [5.74, 6) is 1.81. The summed E-state index contributed by atoms with van der Waals surface area (Å²) < 4.78 is 2.18. The van der Waals surface area contributed by atoms with Crippen molar-refractivity contribution >= 4 is 11.9 Å². The van der Waals surface area contributed by atoms with Crippen molar-refractivity contribution < 1.29 is 4.79 Å². The average Bonchev–Trinajstić information content (AvgIpc) is 3.24. The van der Waals surface area contributed by atoms with Crippen molar-refractivity contribution in [3.05, 3.63) is 89.5 Å². The molecule has 32 heavy (non-hydrogen) atoms. The number of guanidine groups is 1. The molecule has 2 aromatic carbocycles. The fourth-order valence-electron chi connectivity index (χ4n) is 3.31. The van der Waals surface area contributed by atoms with Crippen LogP contribution in [0.5, 0.6) is 0 Å². The normalized spacial score (nSPS) is 11.3. The van der Waals surface area contributed by atoms with Gasteiger partial charge in [-0.15, -0.1) is 0 Å². The highest BCUT2D eigenvalue weighted by Crippen LogP contribution is 2.08. The number of nitrogens with one attached hydrogen (secondary N) is 2. The van der Waals surface area contributed by atoms with Crippen LogP contribution < -0.4 is 10.6 Å². The summed E-state index contributed by atoms with van der Waals surface area (Å²) in [6.45, 7) is 4.91. The molecule has 0 spiro atoms. The Labute approximate surface area is 190 Å². The Morgan fingerprint density at radius 3 is 2.47 bits per heavy atom. The van der Waals surface area contributed by atoms with Gasteiger partial charge in [0.05, 0.1) is 6.54 Å². The molecule has 1 amide bonds. The minimum absolute atomic E-state index is 0.000631. The lowest BCUT2D eigenvalue weighted by Crippen LogP contribution is -2.38. The van der Waals surface area contributed by atoms with Gasteiger partial charge >= 0.3 is 0 Å². The first kappa shape index (κ1) is 23.1. The molecule has 0 aliphatic rings. The van der Waals surface area contributed by atoms with E-state index in [4.69, 9.17) is 0 Å². The van der Waals surface area contributed by atoms with Gasteiger partial charge < -0.3 is 20.1 Å². The highest BCUT2D eigenvalue weighted by atomic mass is 16.2. The maximum absolute atomic E-state index is 12.0. The Morgan fingerprint density at radius 2 is 1.78 bits per heavy atom. The van der Waals surface area contributed by atoms with Crippen LogP contribution in [0.25, 0.3) is 0 Å². The summed E-state index contributed by atoms with van der Waals surface area (Å²) in [5.41, 5.74) is 2.99. The molecule has 1 aromatic heterocycles. The van der Waals surface area contributed by atoms with Crippen LogP contribution in [0.1, 0.15) is 34.2 Å². The number of rotatable bonds is 9. The SMILES string of the molecule is CCNC(=NCc1ccc(C(=O)N(C)C)cc1)NCCc1nccn1Cc1ccccc1. The van der Waals surface area contributed by atoms with Crippen molar-refractivity contribution in [2.45, 2.75) is 26.4 Å². The van der Waals surface area contributed by atoms with Crippen LogP contribution in [0.3, 0.4) is 0 Å². The summed E-state index contributed by atoms with van der Waals surface area (Å²) in [6.07, 6.45) is 4.67. The number of imidazole rings is 1. The van der Waals surface area contributed by atoms with Gasteiger partial charge in [-0.05, 0) is 30.2 Å². The van der Waals surface area contributed by atoms with E-state index >= 15 is 0 Å². The minimum Gasteiger partial charge on any atom is -0.357 e. The van der Waals surface area contributed by atoms with Crippen molar-refractivity contribution in [1.29, 1.82) is 0 Å². The molecule has 7 nitrogen and oxygen atoms in total. The van der Waals surface area contributed by atoms with Crippen LogP contribution in [-0.4, -0.2) is 53.5 Å². The van der Waals surface area contributed by atoms with Gasteiger partial charge in [0.2, 0.25) is 0 Å². The Morgan fingerprint density at radius 1 is 1.03 bits per heavy atom. The highest BCUT2D eigenvalue weighted by molar-refractivity contribution is 5.93. The number of benzene rings is 2. The molecule has 2 N–H and O–H groups in total. The summed E-state index contributed by atoms with van der Waals surface area (Å²) in [7, 11) is 3.51. The quantitative estimate of drug-likeness (QED) is 0.403. The molecule has 0 saturated heterocycles. The maximum atomic E-state index is 12.0. The molecular weight excluding hydrogens is 400 g/mol. The second-order valence-electron chi connectivity index (χ2n) is 7.73. The summed E-state index contributed by atoms with van der Waals surface area (Å²) >= 11 is 0. The third-order valence-electron chi connectivity index (χ3n) is 5.01. The number of nitrogens with zero attached hydrogens (tertiary/aromatic N) is 4. The summed E-state index contributed by atoms with van der Waals surface area (Å²) in [5, 5.41) is 6.67. The molecule has 0 bridgehead atoms. The molecule has 3 rings (SSSR count). The zero-order valence-corrected chi connectivity index (χ0v) is 19.1. The van der Waals surface area contributed by atoms with Gasteiger partial charge in [-0.1, -0.05) is 42.5 Å². The van der Waals surface area contributed by atoms with E-state index in [1.54, 1.807) is 19.0 Å². The molecule has 3 aromatic rings. The number of hydrogen-bond acceptors (Lipinski definition) is 3. The number of carbonyl (C=O) groups excluding carboxylic acids is 1. The Bertz CT molecular complexity index is 1010. The zero-order valence-electron chi connectivity index (χ0n) is 19.1. The second kappa shape index (κ2) is 11.7. The van der Waals surface area contributed by atoms with Gasteiger partial charge in [-0.2, -0.15) is 0 Å². The lowest BCUT2D eigenvalue weighted by atomic mass is 10.1. The first-order valence-corrected chi connectivity index (χ1v) is 10.9. The predicted molar refractivity (Wildman–Crippen MR) is 129 cm³/mol. The second-order valence-corrected chi connectivity index (χ2v) is 7.73. The molecule has 0 aliphatic heterocycles. The molecule has 0 radical (unpaired) electrons. The molecule has 0 fully saturated rings. The van der Waals surface area contributed by atoms with Gasteiger partial charge in [0, 0.05) is 58.1 Å². The van der Waals surface area contributed by atoms with Crippen LogP contribution in [0, 0.1) is 0 Å². The van der Waals surface area contributed by atoms with E-state index in [1.165, 1.54) is 5.56 Å². The van der Waals surface area contributed by atoms with Crippen molar-refractivity contribution in [1.82, 2.24) is 25.1 Å². The number of aromatic nitrogens is 2. The standard InChI is InChI=1S/C25H32N6O/c1-4-26-25(29-18-20-10-12-22(13-11-20)24(32)30(2)3)28-15-14-23-27-16-17-31(23)19-21-8-6-5-7-9-21/h5-13,16-17H,4,14-15,18-19H2,1-3H3,(H2,26,28,29). The number of aliphatic imine (C=N–C) groups is 1. The first-order valence-electron chi connectivity index (χ1n) is 10.9. The third kappa shape index (κ3) is 6.70. The zero-order chi connectivity index (χ0) is 22.8. The summed E-state index contributed by atoms with van der Waals surface area (Å²) in [6, 6.07) is 18.0. The van der Waals surface area contributed by atoms with Gasteiger partial charge in [0.15, 0.2) is 5.96 Å². The Hall–Kier alpha value is -3.61. The molecular formula is C25H32N6O. The topological polar surface area (TPSA) is 74.6 Å². The van der Waals surface area contributed by atoms with E-state index in [0.29, 0.717) is 12.1 Å². The lowest BCUT2D eigenvalue weighted by Gasteiger charge is -2.13. The Balaban J connectivity index is 1.54. The molecule has 0 aliphatic carbocycles. The van der Waals surface area contributed by atoms with E-state index in [9.17, 15) is 4.79 Å². The van der Waals surface area contributed by atoms with Crippen molar-refractivity contribution in [2.24, 2.45) is 4.99 Å². The number of hydrogen-bond donors (Lipinski definition) is 2. The van der Waals surface area contributed by atoms with E-state index in [1.807, 2.05) is 49.6 Å². The summed E-state index contributed by atoms with van der Waals surface area (Å²) in [4.78, 5) is 22.8. The van der Waals surface area contributed by atoms with E-state index < -0.39 is 0 Å². The fraction of sp³-hybridized carbons (Fsp3) is 0.320. The number of carbonyl (C=O) groups is 1. The van der Waals surface area contributed by atoms with Gasteiger partial charge in [-0.25, -0.2) is 9.98 Å². The van der Waals surface area contributed by atoms with E-state index in [2.05, 4.69) is 49.4 Å². The van der Waals surface area contributed by atoms with Crippen LogP contribution in [0.15, 0.2) is 72.0 Å². The maximum Gasteiger partial charge on any atom is 0.253 e. The van der Waals surface area contributed by atoms with E-state index in [0.717, 1.165) is 43.4 Å². The average molecular weight is 433 g/mol. The predicted octanol–water partition coefficient (Wildman–Crippen LogP) is 2.93. The van der Waals surface area contributed by atoms with E-state index in [-0.39, 0.29) is 5.91 Å². The molecule has 0 unspecified atom stereocenters. The van der Waals surface area contributed by atoms with Gasteiger partial charge in [-0.3, -0.25) is 4.79 Å². The monoisotopic (exact) mass is 432 g/mol. The van der Waals surface area contributed by atoms with Crippen LogP contribution in [-0.2, 0) is 19.5 Å². The van der Waals surface area contributed by atoms with Crippen molar-refractivity contribution in [2.75, 3.05) is 27.2 Å². The first-order chi connectivity index (χ1) is 15.6. The molecule has 0 atom stereocenters. The molecule has 7 heteroatoms. The highest BCUT2D eigenvalue weighted by Gasteiger charge is 2.08. The number of amides is 1. The van der Waals surface area contributed by atoms with Crippen LogP contribution in [0.2, 0.25) is 0 Å². The molecule has 1 heterocycles. The third-order valence-corrected chi connectivity index (χ3v) is 5.01. The lowest BCUT2D eigenvalue weighted by molar-refractivity contribution is 0.0827. The van der Waals surface area contributed by atoms with Crippen molar-refractivity contribution in [3.63, 3.8) is 0 Å². The smallest absolute Gasteiger partial charge is 0.253 e. The van der Waals surface area contributed by atoms with Gasteiger partial charge in [0.25, 0.3) is 5.91 Å². The molecule has 0 saturated carbocycles. The largest absolute Gasteiger partial charge is 0.357 e. The Kier molecular flexibility index (Phi) is 8.43. The molecule has 168 valence electrons. The van der Waals surface area contributed by atoms with Gasteiger partial charge in [0.1, 0.15) is 5.82 Å². The minimum atomic E-state index is 0.000631. The van der Waals surface area contributed by atoms with Crippen LogP contribution in [0.4, 0.5) is 0 Å². The van der Waals surface area contributed by atoms with Crippen LogP contribution >= 0.6 is 0 Å². The van der Waals surface area contributed by atoms with Crippen molar-refractivity contribution in [3.8, 4) is 0 Å².